The van der Waals surface area contributed by atoms with Crippen LogP contribution in [0.25, 0.3) is 0 Å². The van der Waals surface area contributed by atoms with E-state index >= 15 is 0 Å². The molecule has 1 unspecified atom stereocenters. The summed E-state index contributed by atoms with van der Waals surface area (Å²) in [5, 5.41) is 0. The largest absolute Gasteiger partial charge is 0.466 e. The lowest BCUT2D eigenvalue weighted by Gasteiger charge is -2.28. The van der Waals surface area contributed by atoms with Crippen molar-refractivity contribution in [3.8, 4) is 0 Å². The molecule has 0 aliphatic carbocycles. The van der Waals surface area contributed by atoms with Crippen molar-refractivity contribution in [2.24, 2.45) is 0 Å². The van der Waals surface area contributed by atoms with Crippen molar-refractivity contribution in [2.45, 2.75) is 39.7 Å². The van der Waals surface area contributed by atoms with Crippen LogP contribution in [0.3, 0.4) is 0 Å². The lowest BCUT2D eigenvalue weighted by molar-refractivity contribution is -0.143. The Bertz CT molecular complexity index is 431. The first-order chi connectivity index (χ1) is 9.60. The Kier molecular flexibility index (Phi) is 6.77. The zero-order valence-corrected chi connectivity index (χ0v) is 12.5. The molecule has 110 valence electrons. The Morgan fingerprint density at radius 2 is 1.85 bits per heavy atom. The van der Waals surface area contributed by atoms with Crippen LogP contribution >= 0.6 is 0 Å². The van der Waals surface area contributed by atoms with E-state index in [1.165, 1.54) is 0 Å². The van der Waals surface area contributed by atoms with Gasteiger partial charge in [-0.1, -0.05) is 25.1 Å². The molecule has 0 aliphatic heterocycles. The first kappa shape index (κ1) is 16.2. The summed E-state index contributed by atoms with van der Waals surface area (Å²) in [5.41, 5.74) is 0.650. The predicted molar refractivity (Wildman–Crippen MR) is 78.5 cm³/mol. The van der Waals surface area contributed by atoms with Crippen LogP contribution in [0.5, 0.6) is 0 Å². The lowest BCUT2D eigenvalue weighted by Crippen LogP contribution is -2.39. The average Bonchev–Trinajstić information content (AvgIpc) is 2.48. The molecule has 1 aromatic rings. The molecule has 0 aromatic heterocycles. The Hall–Kier alpha value is -1.84. The summed E-state index contributed by atoms with van der Waals surface area (Å²) in [6, 6.07) is 9.24. The maximum Gasteiger partial charge on any atom is 0.307 e. The second kappa shape index (κ2) is 8.35. The SMILES string of the molecule is CCOC(=O)CCN(C(=O)c1ccccc1)C(C)CC. The van der Waals surface area contributed by atoms with Crippen molar-refractivity contribution >= 4 is 11.9 Å². The van der Waals surface area contributed by atoms with Gasteiger partial charge in [-0.25, -0.2) is 0 Å². The third-order valence-corrected chi connectivity index (χ3v) is 3.27. The summed E-state index contributed by atoms with van der Waals surface area (Å²) in [7, 11) is 0. The standard InChI is InChI=1S/C16H23NO3/c1-4-13(3)17(12-11-15(18)20-5-2)16(19)14-9-7-6-8-10-14/h6-10,13H,4-5,11-12H2,1-3H3. The molecule has 0 bridgehead atoms. The molecule has 1 amide bonds. The lowest BCUT2D eigenvalue weighted by atomic mass is 10.1. The Morgan fingerprint density at radius 3 is 2.40 bits per heavy atom. The molecule has 20 heavy (non-hydrogen) atoms. The van der Waals surface area contributed by atoms with Crippen LogP contribution in [0.2, 0.25) is 0 Å². The van der Waals surface area contributed by atoms with E-state index in [0.29, 0.717) is 18.7 Å². The molecule has 0 heterocycles. The zero-order valence-electron chi connectivity index (χ0n) is 12.5. The minimum Gasteiger partial charge on any atom is -0.466 e. The van der Waals surface area contributed by atoms with Gasteiger partial charge >= 0.3 is 5.97 Å². The molecule has 0 radical (unpaired) electrons. The smallest absolute Gasteiger partial charge is 0.307 e. The van der Waals surface area contributed by atoms with Crippen LogP contribution in [0.1, 0.15) is 44.0 Å². The highest BCUT2D eigenvalue weighted by atomic mass is 16.5. The van der Waals surface area contributed by atoms with E-state index in [2.05, 4.69) is 0 Å². The van der Waals surface area contributed by atoms with Crippen LogP contribution in [0, 0.1) is 0 Å². The van der Waals surface area contributed by atoms with Crippen molar-refractivity contribution in [2.75, 3.05) is 13.2 Å². The van der Waals surface area contributed by atoms with Gasteiger partial charge in [0.1, 0.15) is 0 Å². The summed E-state index contributed by atoms with van der Waals surface area (Å²) in [6.07, 6.45) is 1.08. The number of hydrogen-bond donors (Lipinski definition) is 0. The summed E-state index contributed by atoms with van der Waals surface area (Å²) in [4.78, 5) is 25.7. The molecule has 1 rings (SSSR count). The maximum absolute atomic E-state index is 12.5. The topological polar surface area (TPSA) is 46.6 Å². The molecule has 0 fully saturated rings. The third kappa shape index (κ3) is 4.68. The number of nitrogens with zero attached hydrogens (tertiary/aromatic N) is 1. The highest BCUT2D eigenvalue weighted by Crippen LogP contribution is 2.11. The van der Waals surface area contributed by atoms with Gasteiger partial charge in [0.2, 0.25) is 0 Å². The van der Waals surface area contributed by atoms with Gasteiger partial charge in [0.25, 0.3) is 5.91 Å². The van der Waals surface area contributed by atoms with Gasteiger partial charge < -0.3 is 9.64 Å². The van der Waals surface area contributed by atoms with Crippen molar-refractivity contribution < 1.29 is 14.3 Å². The Morgan fingerprint density at radius 1 is 1.20 bits per heavy atom. The first-order valence-electron chi connectivity index (χ1n) is 7.11. The summed E-state index contributed by atoms with van der Waals surface area (Å²) in [5.74, 6) is -0.300. The Labute approximate surface area is 120 Å². The monoisotopic (exact) mass is 277 g/mol. The van der Waals surface area contributed by atoms with Gasteiger partial charge in [-0.05, 0) is 32.4 Å². The highest BCUT2D eigenvalue weighted by Gasteiger charge is 2.21. The van der Waals surface area contributed by atoms with Crippen LogP contribution in [-0.4, -0.2) is 36.0 Å². The molecule has 0 aliphatic rings. The van der Waals surface area contributed by atoms with Crippen molar-refractivity contribution in [1.82, 2.24) is 4.90 Å². The average molecular weight is 277 g/mol. The predicted octanol–water partition coefficient (Wildman–Crippen LogP) is 2.88. The Balaban J connectivity index is 2.74. The molecule has 1 aromatic carbocycles. The maximum atomic E-state index is 12.5. The number of ether oxygens (including phenoxy) is 1. The summed E-state index contributed by atoms with van der Waals surface area (Å²) in [6.45, 7) is 6.56. The zero-order chi connectivity index (χ0) is 15.0. The molecule has 4 heteroatoms. The minimum atomic E-state index is -0.262. The molecular weight excluding hydrogens is 254 g/mol. The van der Waals surface area contributed by atoms with E-state index in [1.807, 2.05) is 32.0 Å². The van der Waals surface area contributed by atoms with E-state index in [0.717, 1.165) is 6.42 Å². The van der Waals surface area contributed by atoms with Gasteiger partial charge in [0, 0.05) is 18.2 Å². The van der Waals surface area contributed by atoms with E-state index in [1.54, 1.807) is 24.0 Å². The van der Waals surface area contributed by atoms with Crippen molar-refractivity contribution in [3.05, 3.63) is 35.9 Å². The van der Waals surface area contributed by atoms with Crippen molar-refractivity contribution in [1.29, 1.82) is 0 Å². The molecule has 1 atom stereocenters. The van der Waals surface area contributed by atoms with E-state index in [-0.39, 0.29) is 24.3 Å². The number of esters is 1. The highest BCUT2D eigenvalue weighted by molar-refractivity contribution is 5.94. The van der Waals surface area contributed by atoms with Gasteiger partial charge in [0.15, 0.2) is 0 Å². The normalized spacial score (nSPS) is 11.8. The third-order valence-electron chi connectivity index (χ3n) is 3.27. The fourth-order valence-corrected chi connectivity index (χ4v) is 1.93. The van der Waals surface area contributed by atoms with Crippen LogP contribution in [0.15, 0.2) is 30.3 Å². The number of rotatable bonds is 7. The second-order valence-electron chi connectivity index (χ2n) is 4.68. The molecule has 0 saturated heterocycles. The van der Waals surface area contributed by atoms with Crippen LogP contribution < -0.4 is 0 Å². The summed E-state index contributed by atoms with van der Waals surface area (Å²) < 4.78 is 4.91. The number of carbonyl (C=O) groups excluding carboxylic acids is 2. The van der Waals surface area contributed by atoms with E-state index < -0.39 is 0 Å². The molecule has 0 saturated carbocycles. The van der Waals surface area contributed by atoms with E-state index in [9.17, 15) is 9.59 Å². The second-order valence-corrected chi connectivity index (χ2v) is 4.68. The van der Waals surface area contributed by atoms with Crippen molar-refractivity contribution in [3.63, 3.8) is 0 Å². The van der Waals surface area contributed by atoms with E-state index in [4.69, 9.17) is 4.74 Å². The minimum absolute atomic E-state index is 0.0377. The van der Waals surface area contributed by atoms with Crippen LogP contribution in [-0.2, 0) is 9.53 Å². The first-order valence-corrected chi connectivity index (χ1v) is 7.11. The molecule has 0 spiro atoms. The summed E-state index contributed by atoms with van der Waals surface area (Å²) >= 11 is 0. The molecule has 0 N–H and O–H groups in total. The fourth-order valence-electron chi connectivity index (χ4n) is 1.93. The number of amides is 1. The van der Waals surface area contributed by atoms with Gasteiger partial charge in [-0.2, -0.15) is 0 Å². The number of benzene rings is 1. The number of hydrogen-bond acceptors (Lipinski definition) is 3. The van der Waals surface area contributed by atoms with Gasteiger partial charge in [0.05, 0.1) is 13.0 Å². The van der Waals surface area contributed by atoms with Gasteiger partial charge in [-0.3, -0.25) is 9.59 Å². The van der Waals surface area contributed by atoms with Crippen LogP contribution in [0.4, 0.5) is 0 Å². The molecular formula is C16H23NO3. The quantitative estimate of drug-likeness (QED) is 0.720. The molecule has 4 nitrogen and oxygen atoms in total. The fraction of sp³-hybridized carbons (Fsp3) is 0.500. The number of carbonyl (C=O) groups is 2. The van der Waals surface area contributed by atoms with Gasteiger partial charge in [-0.15, -0.1) is 0 Å².